The number of H-pyrrole nitrogens is 1. The number of benzene rings is 1. The summed E-state index contributed by atoms with van der Waals surface area (Å²) >= 11 is 0. The van der Waals surface area contributed by atoms with Crippen LogP contribution in [-0.2, 0) is 0 Å². The fraction of sp³-hybridized carbons (Fsp3) is 0.308. The molecule has 0 fully saturated rings. The third-order valence-electron chi connectivity index (χ3n) is 2.41. The lowest BCUT2D eigenvalue weighted by Gasteiger charge is -2.14. The molecule has 2 rings (SSSR count). The summed E-state index contributed by atoms with van der Waals surface area (Å²) in [5.74, 6) is 1.21. The lowest BCUT2D eigenvalue weighted by atomic mass is 10.2. The zero-order valence-corrected chi connectivity index (χ0v) is 10.1. The Morgan fingerprint density at radius 3 is 2.65 bits per heavy atom. The molecule has 4 heteroatoms. The minimum absolute atomic E-state index is 0.0341. The van der Waals surface area contributed by atoms with Gasteiger partial charge in [-0.05, 0) is 19.9 Å². The molecule has 1 aromatic carbocycles. The van der Waals surface area contributed by atoms with Gasteiger partial charge in [-0.15, -0.1) is 0 Å². The van der Waals surface area contributed by atoms with Gasteiger partial charge in [-0.1, -0.05) is 0 Å². The van der Waals surface area contributed by atoms with Gasteiger partial charge in [-0.3, -0.25) is 4.79 Å². The highest BCUT2D eigenvalue weighted by atomic mass is 16.5. The largest absolute Gasteiger partial charge is 0.493 e. The Bertz CT molecular complexity index is 587. The van der Waals surface area contributed by atoms with Crippen molar-refractivity contribution in [3.8, 4) is 11.5 Å². The number of pyridine rings is 1. The number of fused-ring (bicyclic) bond motifs is 1. The Hall–Kier alpha value is -1.97. The van der Waals surface area contributed by atoms with Crippen molar-refractivity contribution in [3.05, 3.63) is 34.6 Å². The Morgan fingerprint density at radius 2 is 2.00 bits per heavy atom. The van der Waals surface area contributed by atoms with Crippen molar-refractivity contribution in [2.75, 3.05) is 7.11 Å². The first-order valence-electron chi connectivity index (χ1n) is 5.48. The SMILES string of the molecule is COc1cc2c(=O)cc[nH]c2cc1OC(C)C. The number of aromatic nitrogens is 1. The molecule has 0 aliphatic carbocycles. The van der Waals surface area contributed by atoms with Crippen molar-refractivity contribution in [2.45, 2.75) is 20.0 Å². The first-order valence-corrected chi connectivity index (χ1v) is 5.48. The van der Waals surface area contributed by atoms with Gasteiger partial charge in [0.05, 0.1) is 18.7 Å². The van der Waals surface area contributed by atoms with Crippen molar-refractivity contribution in [3.63, 3.8) is 0 Å². The van der Waals surface area contributed by atoms with Crippen LogP contribution in [0.4, 0.5) is 0 Å². The van der Waals surface area contributed by atoms with Gasteiger partial charge in [0.15, 0.2) is 16.9 Å². The van der Waals surface area contributed by atoms with Gasteiger partial charge >= 0.3 is 0 Å². The third kappa shape index (κ3) is 2.25. The van der Waals surface area contributed by atoms with Gasteiger partial charge in [0.2, 0.25) is 0 Å². The summed E-state index contributed by atoms with van der Waals surface area (Å²) in [6.07, 6.45) is 1.67. The number of hydrogen-bond donors (Lipinski definition) is 1. The van der Waals surface area contributed by atoms with E-state index in [0.29, 0.717) is 16.9 Å². The van der Waals surface area contributed by atoms with Crippen LogP contribution in [0, 0.1) is 0 Å². The van der Waals surface area contributed by atoms with E-state index in [1.54, 1.807) is 25.4 Å². The van der Waals surface area contributed by atoms with Crippen LogP contribution in [0.5, 0.6) is 11.5 Å². The molecule has 0 atom stereocenters. The smallest absolute Gasteiger partial charge is 0.189 e. The van der Waals surface area contributed by atoms with Gasteiger partial charge in [-0.2, -0.15) is 0 Å². The second-order valence-corrected chi connectivity index (χ2v) is 4.06. The zero-order chi connectivity index (χ0) is 12.4. The van der Waals surface area contributed by atoms with Crippen molar-refractivity contribution in [1.82, 2.24) is 4.98 Å². The van der Waals surface area contributed by atoms with Crippen LogP contribution in [0.25, 0.3) is 10.9 Å². The molecule has 4 nitrogen and oxygen atoms in total. The Labute approximate surface area is 99.2 Å². The van der Waals surface area contributed by atoms with Crippen molar-refractivity contribution >= 4 is 10.9 Å². The molecule has 1 heterocycles. The quantitative estimate of drug-likeness (QED) is 0.885. The highest BCUT2D eigenvalue weighted by molar-refractivity contribution is 5.82. The average molecular weight is 233 g/mol. The summed E-state index contributed by atoms with van der Waals surface area (Å²) in [5.41, 5.74) is 0.710. The van der Waals surface area contributed by atoms with Gasteiger partial charge in [-0.25, -0.2) is 0 Å². The van der Waals surface area contributed by atoms with E-state index in [4.69, 9.17) is 9.47 Å². The average Bonchev–Trinajstić information content (AvgIpc) is 2.28. The Morgan fingerprint density at radius 1 is 1.24 bits per heavy atom. The highest BCUT2D eigenvalue weighted by Gasteiger charge is 2.10. The van der Waals surface area contributed by atoms with Crippen LogP contribution >= 0.6 is 0 Å². The van der Waals surface area contributed by atoms with Gasteiger partial charge in [0, 0.05) is 23.7 Å². The fourth-order valence-corrected chi connectivity index (χ4v) is 1.69. The van der Waals surface area contributed by atoms with Crippen LogP contribution in [-0.4, -0.2) is 18.2 Å². The van der Waals surface area contributed by atoms with E-state index in [1.807, 2.05) is 13.8 Å². The van der Waals surface area contributed by atoms with E-state index >= 15 is 0 Å². The Balaban J connectivity index is 2.65. The maximum atomic E-state index is 11.7. The second-order valence-electron chi connectivity index (χ2n) is 4.06. The van der Waals surface area contributed by atoms with E-state index in [0.717, 1.165) is 5.52 Å². The predicted octanol–water partition coefficient (Wildman–Crippen LogP) is 2.32. The van der Waals surface area contributed by atoms with Crippen molar-refractivity contribution in [1.29, 1.82) is 0 Å². The topological polar surface area (TPSA) is 51.3 Å². The number of ether oxygens (including phenoxy) is 2. The number of rotatable bonds is 3. The standard InChI is InChI=1S/C13H15NO3/c1-8(2)17-13-7-10-9(6-12(13)16-3)11(15)4-5-14-10/h4-8H,1-3H3,(H,14,15). The minimum Gasteiger partial charge on any atom is -0.493 e. The summed E-state index contributed by atoms with van der Waals surface area (Å²) < 4.78 is 10.9. The molecule has 0 saturated carbocycles. The van der Waals surface area contributed by atoms with E-state index < -0.39 is 0 Å². The third-order valence-corrected chi connectivity index (χ3v) is 2.41. The summed E-state index contributed by atoms with van der Waals surface area (Å²) in [7, 11) is 1.56. The fourth-order valence-electron chi connectivity index (χ4n) is 1.69. The van der Waals surface area contributed by atoms with Crippen molar-refractivity contribution < 1.29 is 9.47 Å². The molecule has 0 aliphatic heterocycles. The molecule has 0 aliphatic rings. The van der Waals surface area contributed by atoms with Gasteiger partial charge in [0.25, 0.3) is 0 Å². The van der Waals surface area contributed by atoms with Gasteiger partial charge in [0.1, 0.15) is 0 Å². The lowest BCUT2D eigenvalue weighted by Crippen LogP contribution is -2.08. The monoisotopic (exact) mass is 233 g/mol. The molecule has 17 heavy (non-hydrogen) atoms. The Kier molecular flexibility index (Phi) is 3.04. The number of nitrogens with one attached hydrogen (secondary N) is 1. The molecule has 2 aromatic rings. The maximum absolute atomic E-state index is 11.7. The first-order chi connectivity index (χ1) is 8.11. The number of methoxy groups -OCH3 is 1. The molecule has 0 radical (unpaired) electrons. The van der Waals surface area contributed by atoms with Gasteiger partial charge < -0.3 is 14.5 Å². The summed E-state index contributed by atoms with van der Waals surface area (Å²) in [5, 5.41) is 0.598. The molecule has 1 aromatic heterocycles. The number of hydrogen-bond acceptors (Lipinski definition) is 3. The molecular formula is C13H15NO3. The molecule has 0 spiro atoms. The second kappa shape index (κ2) is 4.49. The molecule has 90 valence electrons. The minimum atomic E-state index is -0.0341. The molecule has 0 unspecified atom stereocenters. The summed E-state index contributed by atoms with van der Waals surface area (Å²) in [6, 6.07) is 4.98. The van der Waals surface area contributed by atoms with Crippen molar-refractivity contribution in [2.24, 2.45) is 0 Å². The predicted molar refractivity (Wildman–Crippen MR) is 66.9 cm³/mol. The van der Waals surface area contributed by atoms with Crippen LogP contribution in [0.15, 0.2) is 29.2 Å². The first kappa shape index (κ1) is 11.5. The van der Waals surface area contributed by atoms with Crippen LogP contribution in [0.1, 0.15) is 13.8 Å². The van der Waals surface area contributed by atoms with Crippen LogP contribution < -0.4 is 14.9 Å². The van der Waals surface area contributed by atoms with Crippen LogP contribution in [0.3, 0.4) is 0 Å². The van der Waals surface area contributed by atoms with E-state index in [-0.39, 0.29) is 11.5 Å². The summed E-state index contributed by atoms with van der Waals surface area (Å²) in [4.78, 5) is 14.7. The molecule has 1 N–H and O–H groups in total. The number of aromatic amines is 1. The molecular weight excluding hydrogens is 218 g/mol. The molecule has 0 amide bonds. The molecule has 0 bridgehead atoms. The zero-order valence-electron chi connectivity index (χ0n) is 10.1. The maximum Gasteiger partial charge on any atom is 0.189 e. The van der Waals surface area contributed by atoms with E-state index in [9.17, 15) is 4.79 Å². The van der Waals surface area contributed by atoms with Crippen LogP contribution in [0.2, 0.25) is 0 Å². The lowest BCUT2D eigenvalue weighted by molar-refractivity contribution is 0.230. The summed E-state index contributed by atoms with van der Waals surface area (Å²) in [6.45, 7) is 3.88. The normalized spacial score (nSPS) is 10.8. The highest BCUT2D eigenvalue weighted by Crippen LogP contribution is 2.30. The molecule has 0 saturated heterocycles. The van der Waals surface area contributed by atoms with E-state index in [2.05, 4.69) is 4.98 Å². The van der Waals surface area contributed by atoms with E-state index in [1.165, 1.54) is 6.07 Å².